The molecule has 0 spiro atoms. The fourth-order valence-electron chi connectivity index (χ4n) is 3.28. The number of hydrogen-bond donors (Lipinski definition) is 2. The molecule has 0 radical (unpaired) electrons. The zero-order chi connectivity index (χ0) is 13.0. The van der Waals surface area contributed by atoms with E-state index in [1.54, 1.807) is 0 Å². The van der Waals surface area contributed by atoms with Crippen molar-refractivity contribution in [2.75, 3.05) is 20.1 Å². The summed E-state index contributed by atoms with van der Waals surface area (Å²) in [5, 5.41) is 3.63. The van der Waals surface area contributed by atoms with Gasteiger partial charge < -0.3 is 16.0 Å². The third-order valence-electron chi connectivity index (χ3n) is 4.65. The van der Waals surface area contributed by atoms with Crippen molar-refractivity contribution in [1.82, 2.24) is 10.2 Å². The molecule has 1 amide bonds. The van der Waals surface area contributed by atoms with Gasteiger partial charge in [-0.1, -0.05) is 25.7 Å². The molecule has 3 N–H and O–H groups in total. The number of likely N-dealkylation sites (tertiary alicyclic amines) is 1. The molecule has 0 aromatic rings. The van der Waals surface area contributed by atoms with Gasteiger partial charge in [0.15, 0.2) is 0 Å². The van der Waals surface area contributed by atoms with E-state index in [1.165, 1.54) is 38.5 Å². The van der Waals surface area contributed by atoms with Crippen LogP contribution in [0.1, 0.15) is 51.4 Å². The van der Waals surface area contributed by atoms with Crippen molar-refractivity contribution in [3.05, 3.63) is 0 Å². The zero-order valence-electron chi connectivity index (χ0n) is 11.6. The number of amides is 1. The van der Waals surface area contributed by atoms with Crippen molar-refractivity contribution in [3.8, 4) is 0 Å². The SMILES string of the molecule is CN1CCC(NC2CCCCCC2)(C(N)=O)CC1. The quantitative estimate of drug-likeness (QED) is 0.744. The highest BCUT2D eigenvalue weighted by Crippen LogP contribution is 2.25. The van der Waals surface area contributed by atoms with Gasteiger partial charge in [-0.15, -0.1) is 0 Å². The molecule has 0 aromatic carbocycles. The van der Waals surface area contributed by atoms with E-state index in [4.69, 9.17) is 5.73 Å². The molecule has 104 valence electrons. The van der Waals surface area contributed by atoms with Crippen LogP contribution in [-0.2, 0) is 4.79 Å². The van der Waals surface area contributed by atoms with Crippen LogP contribution < -0.4 is 11.1 Å². The van der Waals surface area contributed by atoms with E-state index in [0.717, 1.165) is 25.9 Å². The molecule has 4 nitrogen and oxygen atoms in total. The van der Waals surface area contributed by atoms with E-state index in [1.807, 2.05) is 0 Å². The van der Waals surface area contributed by atoms with Gasteiger partial charge in [0.1, 0.15) is 5.54 Å². The lowest BCUT2D eigenvalue weighted by Gasteiger charge is -2.41. The topological polar surface area (TPSA) is 58.4 Å². The second-order valence-corrected chi connectivity index (χ2v) is 6.08. The molecule has 1 aliphatic carbocycles. The van der Waals surface area contributed by atoms with Crippen LogP contribution in [0.5, 0.6) is 0 Å². The molecule has 2 rings (SSSR count). The average molecular weight is 253 g/mol. The molecule has 0 bridgehead atoms. The van der Waals surface area contributed by atoms with Crippen LogP contribution in [0.2, 0.25) is 0 Å². The summed E-state index contributed by atoms with van der Waals surface area (Å²) in [6.45, 7) is 1.92. The zero-order valence-corrected chi connectivity index (χ0v) is 11.6. The molecular formula is C14H27N3O. The summed E-state index contributed by atoms with van der Waals surface area (Å²) < 4.78 is 0. The van der Waals surface area contributed by atoms with Crippen molar-refractivity contribution in [2.45, 2.75) is 62.9 Å². The number of piperidine rings is 1. The first-order chi connectivity index (χ1) is 8.62. The third kappa shape index (κ3) is 3.23. The number of nitrogens with zero attached hydrogens (tertiary/aromatic N) is 1. The highest BCUT2D eigenvalue weighted by atomic mass is 16.1. The Bertz CT molecular complexity index is 277. The number of nitrogens with two attached hydrogens (primary N) is 1. The van der Waals surface area contributed by atoms with Crippen LogP contribution in [0.3, 0.4) is 0 Å². The number of carbonyl (C=O) groups is 1. The molecule has 2 fully saturated rings. The molecular weight excluding hydrogens is 226 g/mol. The summed E-state index contributed by atoms with van der Waals surface area (Å²) in [5.41, 5.74) is 5.24. The molecule has 4 heteroatoms. The smallest absolute Gasteiger partial charge is 0.237 e. The van der Waals surface area contributed by atoms with Gasteiger partial charge in [0.25, 0.3) is 0 Å². The Labute approximate surface area is 110 Å². The van der Waals surface area contributed by atoms with E-state index < -0.39 is 5.54 Å². The second-order valence-electron chi connectivity index (χ2n) is 6.08. The van der Waals surface area contributed by atoms with Gasteiger partial charge in [-0.2, -0.15) is 0 Å². The molecule has 1 saturated heterocycles. The normalized spacial score (nSPS) is 26.7. The van der Waals surface area contributed by atoms with E-state index in [-0.39, 0.29) is 5.91 Å². The fraction of sp³-hybridized carbons (Fsp3) is 0.929. The minimum Gasteiger partial charge on any atom is -0.368 e. The van der Waals surface area contributed by atoms with E-state index >= 15 is 0 Å². The van der Waals surface area contributed by atoms with Crippen LogP contribution in [0, 0.1) is 0 Å². The number of carbonyl (C=O) groups excluding carboxylic acids is 1. The monoisotopic (exact) mass is 253 g/mol. The maximum Gasteiger partial charge on any atom is 0.237 e. The number of nitrogens with one attached hydrogen (secondary N) is 1. The largest absolute Gasteiger partial charge is 0.368 e. The van der Waals surface area contributed by atoms with E-state index in [0.29, 0.717) is 6.04 Å². The van der Waals surface area contributed by atoms with E-state index in [2.05, 4.69) is 17.3 Å². The van der Waals surface area contributed by atoms with Crippen molar-refractivity contribution in [3.63, 3.8) is 0 Å². The lowest BCUT2D eigenvalue weighted by Crippen LogP contribution is -2.62. The van der Waals surface area contributed by atoms with Gasteiger partial charge in [-0.05, 0) is 32.7 Å². The molecule has 2 aliphatic rings. The Morgan fingerprint density at radius 3 is 2.22 bits per heavy atom. The lowest BCUT2D eigenvalue weighted by atomic mass is 9.85. The maximum absolute atomic E-state index is 11.9. The first-order valence-electron chi connectivity index (χ1n) is 7.38. The predicted molar refractivity (Wildman–Crippen MR) is 73.3 cm³/mol. The number of rotatable bonds is 3. The van der Waals surface area contributed by atoms with Crippen LogP contribution in [0.4, 0.5) is 0 Å². The minimum absolute atomic E-state index is 0.153. The first kappa shape index (κ1) is 13.8. The fourth-order valence-corrected chi connectivity index (χ4v) is 3.28. The van der Waals surface area contributed by atoms with Crippen molar-refractivity contribution in [2.24, 2.45) is 5.73 Å². The van der Waals surface area contributed by atoms with Crippen LogP contribution >= 0.6 is 0 Å². The Hall–Kier alpha value is -0.610. The van der Waals surface area contributed by atoms with Crippen LogP contribution in [0.15, 0.2) is 0 Å². The molecule has 1 saturated carbocycles. The third-order valence-corrected chi connectivity index (χ3v) is 4.65. The predicted octanol–water partition coefficient (Wildman–Crippen LogP) is 1.25. The van der Waals surface area contributed by atoms with Crippen LogP contribution in [-0.4, -0.2) is 42.5 Å². The maximum atomic E-state index is 11.9. The highest BCUT2D eigenvalue weighted by molar-refractivity contribution is 5.84. The summed E-state index contributed by atoms with van der Waals surface area (Å²) in [6, 6.07) is 0.489. The molecule has 1 heterocycles. The molecule has 1 aliphatic heterocycles. The van der Waals surface area contributed by atoms with E-state index in [9.17, 15) is 4.79 Å². The van der Waals surface area contributed by atoms with Gasteiger partial charge in [0, 0.05) is 19.1 Å². The molecule has 18 heavy (non-hydrogen) atoms. The van der Waals surface area contributed by atoms with Crippen molar-refractivity contribution < 1.29 is 4.79 Å². The van der Waals surface area contributed by atoms with Gasteiger partial charge >= 0.3 is 0 Å². The molecule has 0 atom stereocenters. The summed E-state index contributed by atoms with van der Waals surface area (Å²) >= 11 is 0. The average Bonchev–Trinajstić information content (AvgIpc) is 2.60. The highest BCUT2D eigenvalue weighted by Gasteiger charge is 2.40. The van der Waals surface area contributed by atoms with Gasteiger partial charge in [-0.3, -0.25) is 4.79 Å². The lowest BCUT2D eigenvalue weighted by molar-refractivity contribution is -0.126. The Morgan fingerprint density at radius 2 is 1.72 bits per heavy atom. The summed E-state index contributed by atoms with van der Waals surface area (Å²) in [4.78, 5) is 14.2. The molecule has 0 unspecified atom stereocenters. The number of hydrogen-bond acceptors (Lipinski definition) is 3. The minimum atomic E-state index is -0.443. The van der Waals surface area contributed by atoms with Gasteiger partial charge in [0.2, 0.25) is 5.91 Å². The summed E-state index contributed by atoms with van der Waals surface area (Å²) in [5.74, 6) is -0.153. The standard InChI is InChI=1S/C14H27N3O/c1-17-10-8-14(9-11-17,13(15)18)16-12-6-4-2-3-5-7-12/h12,16H,2-11H2,1H3,(H2,15,18). The van der Waals surface area contributed by atoms with Crippen molar-refractivity contribution >= 4 is 5.91 Å². The first-order valence-corrected chi connectivity index (χ1v) is 7.38. The summed E-state index contributed by atoms with van der Waals surface area (Å²) in [6.07, 6.45) is 9.36. The van der Waals surface area contributed by atoms with Gasteiger partial charge in [-0.25, -0.2) is 0 Å². The Morgan fingerprint density at radius 1 is 1.17 bits per heavy atom. The van der Waals surface area contributed by atoms with Crippen LogP contribution in [0.25, 0.3) is 0 Å². The number of primary amides is 1. The summed E-state index contributed by atoms with van der Waals surface area (Å²) in [7, 11) is 2.11. The van der Waals surface area contributed by atoms with Gasteiger partial charge in [0.05, 0.1) is 0 Å². The molecule has 0 aromatic heterocycles. The Balaban J connectivity index is 1.99. The Kier molecular flexibility index (Phi) is 4.62. The second kappa shape index (κ2) is 6.02. The van der Waals surface area contributed by atoms with Crippen molar-refractivity contribution in [1.29, 1.82) is 0 Å².